The Balaban J connectivity index is 2.02. The van der Waals surface area contributed by atoms with Gasteiger partial charge in [0.05, 0.1) is 21.8 Å². The molecule has 0 saturated heterocycles. The van der Waals surface area contributed by atoms with E-state index in [0.717, 1.165) is 22.8 Å². The van der Waals surface area contributed by atoms with E-state index < -0.39 is 11.7 Å². The number of carbonyl (C=O) groups excluding carboxylic acids is 1. The molecule has 0 spiro atoms. The van der Waals surface area contributed by atoms with Crippen molar-refractivity contribution >= 4 is 35.1 Å². The zero-order valence-corrected chi connectivity index (χ0v) is 14.7. The van der Waals surface area contributed by atoms with E-state index >= 15 is 0 Å². The molecule has 0 bridgehead atoms. The van der Waals surface area contributed by atoms with Crippen LogP contribution < -0.4 is 5.32 Å². The minimum absolute atomic E-state index is 0.0929. The van der Waals surface area contributed by atoms with Crippen LogP contribution in [0.15, 0.2) is 18.2 Å². The van der Waals surface area contributed by atoms with E-state index in [4.69, 9.17) is 11.6 Å². The summed E-state index contributed by atoms with van der Waals surface area (Å²) in [5.74, 6) is 1.04. The van der Waals surface area contributed by atoms with E-state index in [1.54, 1.807) is 16.4 Å². The second kappa shape index (κ2) is 5.83. The van der Waals surface area contributed by atoms with Gasteiger partial charge in [0.15, 0.2) is 0 Å². The molecule has 23 heavy (non-hydrogen) atoms. The van der Waals surface area contributed by atoms with Crippen LogP contribution in [0.3, 0.4) is 0 Å². The van der Waals surface area contributed by atoms with Gasteiger partial charge in [-0.25, -0.2) is 9.07 Å². The molecule has 1 aliphatic rings. The van der Waals surface area contributed by atoms with Gasteiger partial charge >= 0.3 is 0 Å². The number of thioether (sulfide) groups is 1. The summed E-state index contributed by atoms with van der Waals surface area (Å²) >= 11 is 7.73. The van der Waals surface area contributed by atoms with Gasteiger partial charge in [-0.2, -0.15) is 16.9 Å². The molecule has 0 radical (unpaired) electrons. The molecule has 1 N–H and O–H groups in total. The third kappa shape index (κ3) is 2.97. The second-order valence-corrected chi connectivity index (χ2v) is 7.79. The molecule has 7 heteroatoms. The number of fused-ring (bicyclic) bond motifs is 1. The predicted molar refractivity (Wildman–Crippen MR) is 91.6 cm³/mol. The van der Waals surface area contributed by atoms with Crippen LogP contribution in [0.1, 0.15) is 42.4 Å². The average molecular weight is 354 g/mol. The lowest BCUT2D eigenvalue weighted by Gasteiger charge is -2.23. The van der Waals surface area contributed by atoms with Crippen LogP contribution in [-0.4, -0.2) is 15.7 Å². The molecule has 2 aromatic rings. The lowest BCUT2D eigenvalue weighted by Crippen LogP contribution is -2.27. The fourth-order valence-corrected chi connectivity index (χ4v) is 3.80. The van der Waals surface area contributed by atoms with Crippen molar-refractivity contribution in [1.82, 2.24) is 9.78 Å². The van der Waals surface area contributed by atoms with Crippen LogP contribution in [0, 0.1) is 5.82 Å². The summed E-state index contributed by atoms with van der Waals surface area (Å²) < 4.78 is 15.8. The summed E-state index contributed by atoms with van der Waals surface area (Å²) in [5, 5.41) is 7.52. The number of rotatable bonds is 2. The first-order valence-corrected chi connectivity index (χ1v) is 8.76. The van der Waals surface area contributed by atoms with E-state index in [0.29, 0.717) is 5.82 Å². The minimum Gasteiger partial charge on any atom is -0.306 e. The molecule has 0 fully saturated rings. The van der Waals surface area contributed by atoms with Crippen LogP contribution in [0.5, 0.6) is 0 Å². The molecule has 3 rings (SSSR count). The molecular weight excluding hydrogens is 337 g/mol. The van der Waals surface area contributed by atoms with E-state index in [1.807, 2.05) is 20.8 Å². The van der Waals surface area contributed by atoms with Gasteiger partial charge in [0, 0.05) is 17.1 Å². The Labute approximate surface area is 143 Å². The Hall–Kier alpha value is -1.53. The number of carbonyl (C=O) groups is 1. The van der Waals surface area contributed by atoms with E-state index in [-0.39, 0.29) is 16.1 Å². The fourth-order valence-electron chi connectivity index (χ4n) is 2.51. The van der Waals surface area contributed by atoms with Crippen molar-refractivity contribution in [2.75, 3.05) is 5.32 Å². The minimum atomic E-state index is -0.636. The normalized spacial score (nSPS) is 14.0. The molecule has 1 aromatic heterocycles. The maximum Gasteiger partial charge on any atom is 0.261 e. The number of nitrogens with zero attached hydrogens (tertiary/aromatic N) is 2. The standard InChI is InChI=1S/C16H17ClFN3OS/c1-16(2,3)21-14(9-7-23-8-12(9)20-21)19-15(22)13-10(17)5-4-6-11(13)18/h4-6H,7-8H2,1-3H3,(H,19,22). The summed E-state index contributed by atoms with van der Waals surface area (Å²) in [6, 6.07) is 4.20. The number of amides is 1. The highest BCUT2D eigenvalue weighted by Crippen LogP contribution is 2.37. The number of anilines is 1. The molecule has 1 aliphatic heterocycles. The maximum atomic E-state index is 14.0. The number of benzene rings is 1. The largest absolute Gasteiger partial charge is 0.306 e. The fraction of sp³-hybridized carbons (Fsp3) is 0.375. The van der Waals surface area contributed by atoms with Gasteiger partial charge in [0.2, 0.25) is 0 Å². The SMILES string of the molecule is CC(C)(C)n1nc2c(c1NC(=O)c1c(F)cccc1Cl)CSC2. The highest BCUT2D eigenvalue weighted by molar-refractivity contribution is 7.98. The predicted octanol–water partition coefficient (Wildman–Crippen LogP) is 4.43. The third-order valence-corrected chi connectivity index (χ3v) is 4.89. The molecule has 1 aromatic carbocycles. The summed E-state index contributed by atoms with van der Waals surface area (Å²) in [6.45, 7) is 6.02. The van der Waals surface area contributed by atoms with Crippen LogP contribution in [0.2, 0.25) is 5.02 Å². The summed E-state index contributed by atoms with van der Waals surface area (Å²) in [4.78, 5) is 12.5. The number of hydrogen-bond donors (Lipinski definition) is 1. The number of aromatic nitrogens is 2. The zero-order valence-electron chi connectivity index (χ0n) is 13.1. The van der Waals surface area contributed by atoms with Gasteiger partial charge < -0.3 is 5.32 Å². The molecule has 0 unspecified atom stereocenters. The number of hydrogen-bond acceptors (Lipinski definition) is 3. The van der Waals surface area contributed by atoms with Gasteiger partial charge in [-0.1, -0.05) is 17.7 Å². The summed E-state index contributed by atoms with van der Waals surface area (Å²) in [5.41, 5.74) is 1.54. The van der Waals surface area contributed by atoms with E-state index in [2.05, 4.69) is 10.4 Å². The lowest BCUT2D eigenvalue weighted by atomic mass is 10.1. The van der Waals surface area contributed by atoms with Crippen molar-refractivity contribution in [1.29, 1.82) is 0 Å². The first-order chi connectivity index (χ1) is 10.8. The average Bonchev–Trinajstić information content (AvgIpc) is 3.00. The van der Waals surface area contributed by atoms with Gasteiger partial charge in [-0.05, 0) is 32.9 Å². The Morgan fingerprint density at radius 1 is 1.39 bits per heavy atom. The Morgan fingerprint density at radius 3 is 2.78 bits per heavy atom. The Kier molecular flexibility index (Phi) is 4.14. The third-order valence-electron chi connectivity index (χ3n) is 3.61. The smallest absolute Gasteiger partial charge is 0.261 e. The van der Waals surface area contributed by atoms with Gasteiger partial charge in [0.1, 0.15) is 11.6 Å². The quantitative estimate of drug-likeness (QED) is 0.868. The van der Waals surface area contributed by atoms with Crippen molar-refractivity contribution in [3.05, 3.63) is 45.9 Å². The molecule has 0 aliphatic carbocycles. The summed E-state index contributed by atoms with van der Waals surface area (Å²) in [6.07, 6.45) is 0. The Bertz CT molecular complexity index is 762. The van der Waals surface area contributed by atoms with Gasteiger partial charge in [-0.3, -0.25) is 4.79 Å². The monoisotopic (exact) mass is 353 g/mol. The van der Waals surface area contributed by atoms with E-state index in [1.165, 1.54) is 18.2 Å². The molecule has 0 saturated carbocycles. The van der Waals surface area contributed by atoms with Crippen molar-refractivity contribution < 1.29 is 9.18 Å². The van der Waals surface area contributed by atoms with Crippen molar-refractivity contribution in [3.8, 4) is 0 Å². The van der Waals surface area contributed by atoms with Crippen molar-refractivity contribution in [3.63, 3.8) is 0 Å². The number of nitrogens with one attached hydrogen (secondary N) is 1. The lowest BCUT2D eigenvalue weighted by molar-refractivity contribution is 0.102. The van der Waals surface area contributed by atoms with Crippen molar-refractivity contribution in [2.45, 2.75) is 37.8 Å². The molecule has 2 heterocycles. The molecular formula is C16H17ClFN3OS. The first kappa shape index (κ1) is 16.3. The highest BCUT2D eigenvalue weighted by Gasteiger charge is 2.29. The molecule has 0 atom stereocenters. The maximum absolute atomic E-state index is 14.0. The molecule has 122 valence electrons. The van der Waals surface area contributed by atoms with Crippen LogP contribution in [0.25, 0.3) is 0 Å². The van der Waals surface area contributed by atoms with Crippen LogP contribution in [0.4, 0.5) is 10.2 Å². The van der Waals surface area contributed by atoms with Crippen LogP contribution >= 0.6 is 23.4 Å². The topological polar surface area (TPSA) is 46.9 Å². The van der Waals surface area contributed by atoms with Gasteiger partial charge in [-0.15, -0.1) is 0 Å². The van der Waals surface area contributed by atoms with Crippen molar-refractivity contribution in [2.24, 2.45) is 0 Å². The summed E-state index contributed by atoms with van der Waals surface area (Å²) in [7, 11) is 0. The molecule has 4 nitrogen and oxygen atoms in total. The van der Waals surface area contributed by atoms with E-state index in [9.17, 15) is 9.18 Å². The number of halogens is 2. The highest BCUT2D eigenvalue weighted by atomic mass is 35.5. The van der Waals surface area contributed by atoms with Gasteiger partial charge in [0.25, 0.3) is 5.91 Å². The molecule has 1 amide bonds. The van der Waals surface area contributed by atoms with Crippen LogP contribution in [-0.2, 0) is 17.0 Å². The second-order valence-electron chi connectivity index (χ2n) is 6.40. The Morgan fingerprint density at radius 2 is 2.13 bits per heavy atom. The first-order valence-electron chi connectivity index (χ1n) is 7.23. The zero-order chi connectivity index (χ0) is 16.8.